The normalized spacial score (nSPS) is 9.79. The van der Waals surface area contributed by atoms with Crippen LogP contribution in [0.1, 0.15) is 23.7 Å². The molecule has 0 bridgehead atoms. The Labute approximate surface area is 116 Å². The lowest BCUT2D eigenvalue weighted by Crippen LogP contribution is -2.36. The number of amides is 2. The molecule has 19 heavy (non-hydrogen) atoms. The van der Waals surface area contributed by atoms with Crippen LogP contribution in [0, 0.1) is 0 Å². The van der Waals surface area contributed by atoms with E-state index in [0.29, 0.717) is 30.1 Å². The fraction of sp³-hybridized carbons (Fsp3) is 0.308. The first-order valence-electron chi connectivity index (χ1n) is 5.80. The van der Waals surface area contributed by atoms with E-state index in [4.69, 9.17) is 11.6 Å². The van der Waals surface area contributed by atoms with Crippen LogP contribution in [-0.4, -0.2) is 30.0 Å². The quantitative estimate of drug-likeness (QED) is 0.373. The van der Waals surface area contributed by atoms with Crippen LogP contribution in [0.25, 0.3) is 0 Å². The van der Waals surface area contributed by atoms with Crippen molar-refractivity contribution < 1.29 is 14.4 Å². The smallest absolute Gasteiger partial charge is 0.313 e. The van der Waals surface area contributed by atoms with Crippen LogP contribution in [0.2, 0.25) is 0 Å². The van der Waals surface area contributed by atoms with E-state index in [1.54, 1.807) is 24.3 Å². The molecule has 0 radical (unpaired) electrons. The van der Waals surface area contributed by atoms with Gasteiger partial charge >= 0.3 is 11.8 Å². The summed E-state index contributed by atoms with van der Waals surface area (Å²) >= 11 is 5.46. The largest absolute Gasteiger partial charge is 0.348 e. The van der Waals surface area contributed by atoms with E-state index in [0.717, 1.165) is 0 Å². The molecule has 102 valence electrons. The average molecular weight is 283 g/mol. The van der Waals surface area contributed by atoms with E-state index in [1.165, 1.54) is 6.92 Å². The number of carbonyl (C=O) groups excluding carboxylic acids is 3. The lowest BCUT2D eigenvalue weighted by molar-refractivity contribution is -0.136. The van der Waals surface area contributed by atoms with Crippen molar-refractivity contribution in [1.82, 2.24) is 5.32 Å². The maximum absolute atomic E-state index is 11.5. The van der Waals surface area contributed by atoms with Crippen LogP contribution < -0.4 is 10.6 Å². The van der Waals surface area contributed by atoms with Crippen LogP contribution in [0.5, 0.6) is 0 Å². The number of nitrogens with one attached hydrogen (secondary N) is 2. The molecule has 0 heterocycles. The summed E-state index contributed by atoms with van der Waals surface area (Å²) in [6.45, 7) is 1.82. The highest BCUT2D eigenvalue weighted by Gasteiger charge is 2.12. The molecule has 0 unspecified atom stereocenters. The molecule has 1 rings (SSSR count). The second-order valence-electron chi connectivity index (χ2n) is 3.89. The molecule has 1 aromatic rings. The first-order chi connectivity index (χ1) is 9.04. The van der Waals surface area contributed by atoms with E-state index >= 15 is 0 Å². The molecule has 0 spiro atoms. The minimum absolute atomic E-state index is 0.0586. The predicted octanol–water partition coefficient (Wildman–Crippen LogP) is 1.57. The summed E-state index contributed by atoms with van der Waals surface area (Å²) in [4.78, 5) is 34.0. The zero-order valence-corrected chi connectivity index (χ0v) is 11.3. The Bertz CT molecular complexity index is 471. The Morgan fingerprint density at radius 3 is 2.26 bits per heavy atom. The minimum atomic E-state index is -0.745. The first kappa shape index (κ1) is 15.2. The zero-order chi connectivity index (χ0) is 14.3. The topological polar surface area (TPSA) is 75.3 Å². The molecule has 0 aromatic heterocycles. The molecule has 0 fully saturated rings. The number of carbonyl (C=O) groups is 3. The fourth-order valence-corrected chi connectivity index (χ4v) is 1.46. The second kappa shape index (κ2) is 7.53. The molecule has 2 amide bonds. The number of anilines is 1. The van der Waals surface area contributed by atoms with Gasteiger partial charge in [0.15, 0.2) is 5.78 Å². The number of alkyl halides is 1. The molecule has 1 aromatic carbocycles. The lowest BCUT2D eigenvalue weighted by Gasteiger charge is -2.06. The van der Waals surface area contributed by atoms with Crippen LogP contribution in [-0.2, 0) is 9.59 Å². The minimum Gasteiger partial charge on any atom is -0.348 e. The lowest BCUT2D eigenvalue weighted by atomic mass is 10.1. The van der Waals surface area contributed by atoms with Crippen molar-refractivity contribution in [2.45, 2.75) is 13.3 Å². The van der Waals surface area contributed by atoms with Gasteiger partial charge in [-0.15, -0.1) is 11.6 Å². The highest BCUT2D eigenvalue weighted by atomic mass is 35.5. The van der Waals surface area contributed by atoms with Gasteiger partial charge < -0.3 is 10.6 Å². The number of benzene rings is 1. The standard InChI is InChI=1S/C13H15ClN2O3/c1-9(17)10-3-5-11(6-4-10)16-13(19)12(18)15-8-2-7-14/h3-6H,2,7-8H2,1H3,(H,15,18)(H,16,19). The second-order valence-corrected chi connectivity index (χ2v) is 4.26. The number of hydrogen-bond acceptors (Lipinski definition) is 3. The molecule has 0 aliphatic rings. The summed E-state index contributed by atoms with van der Waals surface area (Å²) in [6.07, 6.45) is 0.605. The number of hydrogen-bond donors (Lipinski definition) is 2. The molecule has 0 saturated carbocycles. The van der Waals surface area contributed by atoms with Gasteiger partial charge in [0.05, 0.1) is 0 Å². The highest BCUT2D eigenvalue weighted by molar-refractivity contribution is 6.39. The van der Waals surface area contributed by atoms with Crippen LogP contribution in [0.15, 0.2) is 24.3 Å². The average Bonchev–Trinajstić information content (AvgIpc) is 2.39. The SMILES string of the molecule is CC(=O)c1ccc(NC(=O)C(=O)NCCCCl)cc1. The Balaban J connectivity index is 2.52. The van der Waals surface area contributed by atoms with Crippen molar-refractivity contribution in [3.63, 3.8) is 0 Å². The van der Waals surface area contributed by atoms with Gasteiger partial charge in [0, 0.05) is 23.7 Å². The maximum Gasteiger partial charge on any atom is 0.313 e. The summed E-state index contributed by atoms with van der Waals surface area (Å²) < 4.78 is 0. The van der Waals surface area contributed by atoms with Gasteiger partial charge in [0.2, 0.25) is 0 Å². The fourth-order valence-electron chi connectivity index (χ4n) is 1.33. The van der Waals surface area contributed by atoms with Crippen molar-refractivity contribution in [3.8, 4) is 0 Å². The molecule has 6 heteroatoms. The van der Waals surface area contributed by atoms with E-state index in [9.17, 15) is 14.4 Å². The monoisotopic (exact) mass is 282 g/mol. The van der Waals surface area contributed by atoms with Crippen molar-refractivity contribution in [2.24, 2.45) is 0 Å². The van der Waals surface area contributed by atoms with Crippen LogP contribution in [0.4, 0.5) is 5.69 Å². The summed E-state index contributed by atoms with van der Waals surface area (Å²) in [5.41, 5.74) is 1.01. The van der Waals surface area contributed by atoms with Gasteiger partial charge in [-0.25, -0.2) is 0 Å². The van der Waals surface area contributed by atoms with Gasteiger partial charge in [0.1, 0.15) is 0 Å². The summed E-state index contributed by atoms with van der Waals surface area (Å²) in [6, 6.07) is 6.31. The third-order valence-corrected chi connectivity index (χ3v) is 2.62. The Hall–Kier alpha value is -1.88. The zero-order valence-electron chi connectivity index (χ0n) is 10.5. The van der Waals surface area contributed by atoms with Gasteiger partial charge in [-0.3, -0.25) is 14.4 Å². The van der Waals surface area contributed by atoms with Crippen LogP contribution in [0.3, 0.4) is 0 Å². The molecule has 0 atom stereocenters. The molecule has 0 saturated heterocycles. The van der Waals surface area contributed by atoms with Crippen molar-refractivity contribution in [1.29, 1.82) is 0 Å². The molecule has 5 nitrogen and oxygen atoms in total. The summed E-state index contributed by atoms with van der Waals surface area (Å²) in [5, 5.41) is 4.88. The Morgan fingerprint density at radius 2 is 1.74 bits per heavy atom. The maximum atomic E-state index is 11.5. The van der Waals surface area contributed by atoms with Crippen molar-refractivity contribution in [3.05, 3.63) is 29.8 Å². The third kappa shape index (κ3) is 5.09. The Kier molecular flexibility index (Phi) is 6.02. The van der Waals surface area contributed by atoms with Crippen molar-refractivity contribution in [2.75, 3.05) is 17.7 Å². The highest BCUT2D eigenvalue weighted by Crippen LogP contribution is 2.09. The predicted molar refractivity (Wildman–Crippen MR) is 73.4 cm³/mol. The van der Waals surface area contributed by atoms with E-state index in [1.807, 2.05) is 0 Å². The number of ketones is 1. The molecule has 0 aliphatic carbocycles. The van der Waals surface area contributed by atoms with Gasteiger partial charge in [-0.1, -0.05) is 0 Å². The summed E-state index contributed by atoms with van der Waals surface area (Å²) in [5.74, 6) is -1.09. The van der Waals surface area contributed by atoms with Crippen LogP contribution >= 0.6 is 11.6 Å². The molecular weight excluding hydrogens is 268 g/mol. The van der Waals surface area contributed by atoms with Gasteiger partial charge in [0.25, 0.3) is 0 Å². The van der Waals surface area contributed by atoms with Crippen molar-refractivity contribution >= 4 is 34.9 Å². The Morgan fingerprint density at radius 1 is 1.11 bits per heavy atom. The number of rotatable bonds is 5. The van der Waals surface area contributed by atoms with E-state index < -0.39 is 11.8 Å². The molecule has 0 aliphatic heterocycles. The van der Waals surface area contributed by atoms with E-state index in [2.05, 4.69) is 10.6 Å². The van der Waals surface area contributed by atoms with E-state index in [-0.39, 0.29) is 5.78 Å². The first-order valence-corrected chi connectivity index (χ1v) is 6.34. The number of Topliss-reactive ketones (excluding diaryl/α,β-unsaturated/α-hetero) is 1. The summed E-state index contributed by atoms with van der Waals surface area (Å²) in [7, 11) is 0. The molecule has 2 N–H and O–H groups in total. The third-order valence-electron chi connectivity index (χ3n) is 2.35. The van der Waals surface area contributed by atoms with Gasteiger partial charge in [-0.2, -0.15) is 0 Å². The van der Waals surface area contributed by atoms with Gasteiger partial charge in [-0.05, 0) is 37.6 Å². The molecular formula is C13H15ClN2O3. The number of halogens is 1.